The van der Waals surface area contributed by atoms with E-state index in [4.69, 9.17) is 25.2 Å². The molecule has 2 fully saturated rings. The maximum absolute atomic E-state index is 13.0. The summed E-state index contributed by atoms with van der Waals surface area (Å²) in [5, 5.41) is 1.34. The number of carbonyl (C=O) groups excluding carboxylic acids is 3. The third kappa shape index (κ3) is 4.86. The fourth-order valence-electron chi connectivity index (χ4n) is 4.75. The summed E-state index contributed by atoms with van der Waals surface area (Å²) >= 11 is 0. The number of hydrogen-bond acceptors (Lipinski definition) is 6. The van der Waals surface area contributed by atoms with E-state index in [-0.39, 0.29) is 24.8 Å². The standard InChI is InChI=1S/C25H25B2N3O5/c26-25(27)15-34-11-10-29(25)12-16-4-6-17(7-5-16)14-35-21-3-1-2-18-19(21)13-30(24(18)33)20-8-9-22(31)28-23(20)32/h1-7,20H,8-15H2,(H,28,31,32). The number of rotatable bonds is 6. The normalized spacial score (nSPS) is 22.1. The molecule has 3 aliphatic rings. The molecule has 0 saturated carbocycles. The Balaban J connectivity index is 1.23. The summed E-state index contributed by atoms with van der Waals surface area (Å²) in [6, 6.07) is 12.7. The molecule has 35 heavy (non-hydrogen) atoms. The second-order valence-electron chi connectivity index (χ2n) is 9.25. The maximum Gasteiger partial charge on any atom is 0.255 e. The van der Waals surface area contributed by atoms with Gasteiger partial charge in [-0.2, -0.15) is 0 Å². The Morgan fingerprint density at radius 1 is 1.09 bits per heavy atom. The summed E-state index contributed by atoms with van der Waals surface area (Å²) in [7, 11) is 12.3. The van der Waals surface area contributed by atoms with Crippen LogP contribution in [-0.2, 0) is 34.0 Å². The maximum atomic E-state index is 13.0. The SMILES string of the molecule is [B]C1([B])COCCN1Cc1ccc(COc2cccc3c2CN(C2CCC(=O)NC2=O)C3=O)cc1. The van der Waals surface area contributed by atoms with Gasteiger partial charge in [0.25, 0.3) is 5.91 Å². The molecule has 1 atom stereocenters. The van der Waals surface area contributed by atoms with Crippen molar-refractivity contribution in [3.63, 3.8) is 0 Å². The van der Waals surface area contributed by atoms with Crippen LogP contribution in [0.2, 0.25) is 0 Å². The van der Waals surface area contributed by atoms with Crippen LogP contribution < -0.4 is 10.1 Å². The van der Waals surface area contributed by atoms with Crippen LogP contribution in [0.4, 0.5) is 0 Å². The van der Waals surface area contributed by atoms with Crippen molar-refractivity contribution in [2.24, 2.45) is 0 Å². The largest absolute Gasteiger partial charge is 0.489 e. The minimum atomic E-state index is -0.979. The van der Waals surface area contributed by atoms with E-state index in [1.165, 1.54) is 4.90 Å². The molecule has 2 aromatic rings. The van der Waals surface area contributed by atoms with E-state index < -0.39 is 17.3 Å². The third-order valence-corrected chi connectivity index (χ3v) is 6.76. The number of hydrogen-bond donors (Lipinski definition) is 1. The van der Waals surface area contributed by atoms with Crippen LogP contribution in [-0.4, -0.2) is 74.4 Å². The number of piperidine rings is 1. The molecule has 5 rings (SSSR count). The first-order valence-electron chi connectivity index (χ1n) is 11.7. The van der Waals surface area contributed by atoms with Gasteiger partial charge in [0.2, 0.25) is 11.8 Å². The van der Waals surface area contributed by atoms with E-state index in [1.807, 2.05) is 35.2 Å². The van der Waals surface area contributed by atoms with Gasteiger partial charge in [0.15, 0.2) is 0 Å². The Morgan fingerprint density at radius 2 is 1.86 bits per heavy atom. The fourth-order valence-corrected chi connectivity index (χ4v) is 4.75. The summed E-state index contributed by atoms with van der Waals surface area (Å²) in [6.07, 6.45) is 0.547. The number of benzene rings is 2. The van der Waals surface area contributed by atoms with Crippen molar-refractivity contribution in [3.05, 3.63) is 64.7 Å². The third-order valence-electron chi connectivity index (χ3n) is 6.76. The molecule has 10 heteroatoms. The smallest absolute Gasteiger partial charge is 0.255 e. The highest BCUT2D eigenvalue weighted by Gasteiger charge is 2.40. The number of ether oxygens (including phenoxy) is 2. The lowest BCUT2D eigenvalue weighted by molar-refractivity contribution is -0.136. The number of carbonyl (C=O) groups is 3. The number of fused-ring (bicyclic) bond motifs is 1. The molecule has 1 N–H and O–H groups in total. The fraction of sp³-hybridized carbons (Fsp3) is 0.400. The van der Waals surface area contributed by atoms with E-state index in [2.05, 4.69) is 5.32 Å². The van der Waals surface area contributed by atoms with Crippen molar-refractivity contribution >= 4 is 33.4 Å². The van der Waals surface area contributed by atoms with Crippen LogP contribution in [0.25, 0.3) is 0 Å². The molecule has 0 bridgehead atoms. The second kappa shape index (κ2) is 9.51. The predicted octanol–water partition coefficient (Wildman–Crippen LogP) is 0.850. The Bertz CT molecular complexity index is 1150. The van der Waals surface area contributed by atoms with Gasteiger partial charge in [0, 0.05) is 37.2 Å². The van der Waals surface area contributed by atoms with Crippen molar-refractivity contribution in [3.8, 4) is 5.75 Å². The van der Waals surface area contributed by atoms with Gasteiger partial charge in [0.1, 0.15) is 18.4 Å². The van der Waals surface area contributed by atoms with Gasteiger partial charge in [0.05, 0.1) is 28.8 Å². The number of nitrogens with zero attached hydrogens (tertiary/aromatic N) is 2. The van der Waals surface area contributed by atoms with Gasteiger partial charge >= 0.3 is 0 Å². The zero-order chi connectivity index (χ0) is 24.6. The summed E-state index contributed by atoms with van der Waals surface area (Å²) in [4.78, 5) is 40.3. The van der Waals surface area contributed by atoms with E-state index in [9.17, 15) is 14.4 Å². The molecular formula is C25H25B2N3O5. The van der Waals surface area contributed by atoms with Gasteiger partial charge in [-0.3, -0.25) is 19.7 Å². The lowest BCUT2D eigenvalue weighted by Crippen LogP contribution is -2.57. The van der Waals surface area contributed by atoms with Crippen molar-refractivity contribution < 1.29 is 23.9 Å². The zero-order valence-corrected chi connectivity index (χ0v) is 19.4. The van der Waals surface area contributed by atoms with Crippen molar-refractivity contribution in [2.75, 3.05) is 19.8 Å². The molecule has 4 radical (unpaired) electrons. The van der Waals surface area contributed by atoms with Crippen LogP contribution in [0.5, 0.6) is 5.75 Å². The average Bonchev–Trinajstić information content (AvgIpc) is 3.17. The van der Waals surface area contributed by atoms with Gasteiger partial charge < -0.3 is 19.3 Å². The molecule has 1 unspecified atom stereocenters. The number of amides is 3. The van der Waals surface area contributed by atoms with E-state index in [1.54, 1.807) is 12.1 Å². The molecule has 0 aromatic heterocycles. The van der Waals surface area contributed by atoms with Crippen LogP contribution in [0.15, 0.2) is 42.5 Å². The van der Waals surface area contributed by atoms with Crippen molar-refractivity contribution in [2.45, 2.75) is 43.9 Å². The monoisotopic (exact) mass is 469 g/mol. The predicted molar refractivity (Wildman–Crippen MR) is 129 cm³/mol. The second-order valence-corrected chi connectivity index (χ2v) is 9.25. The molecule has 3 heterocycles. The first-order valence-corrected chi connectivity index (χ1v) is 11.7. The minimum absolute atomic E-state index is 0.219. The summed E-state index contributed by atoms with van der Waals surface area (Å²) < 4.78 is 11.5. The topological polar surface area (TPSA) is 88.2 Å². The Morgan fingerprint density at radius 3 is 2.60 bits per heavy atom. The van der Waals surface area contributed by atoms with Gasteiger partial charge in [-0.15, -0.1) is 0 Å². The first-order chi connectivity index (χ1) is 16.8. The van der Waals surface area contributed by atoms with Gasteiger partial charge in [-0.05, 0) is 35.0 Å². The molecule has 3 amide bonds. The highest BCUT2D eigenvalue weighted by molar-refractivity contribution is 6.40. The number of nitrogens with one attached hydrogen (secondary N) is 1. The Kier molecular flexibility index (Phi) is 6.42. The van der Waals surface area contributed by atoms with E-state index in [0.29, 0.717) is 50.6 Å². The molecule has 8 nitrogen and oxygen atoms in total. The van der Waals surface area contributed by atoms with Crippen molar-refractivity contribution in [1.29, 1.82) is 0 Å². The van der Waals surface area contributed by atoms with Gasteiger partial charge in [-0.25, -0.2) is 0 Å². The van der Waals surface area contributed by atoms with Crippen molar-refractivity contribution in [1.82, 2.24) is 15.1 Å². The lowest BCUT2D eigenvalue weighted by Gasteiger charge is -2.43. The molecule has 2 saturated heterocycles. The molecular weight excluding hydrogens is 444 g/mol. The highest BCUT2D eigenvalue weighted by Crippen LogP contribution is 2.34. The summed E-state index contributed by atoms with van der Waals surface area (Å²) in [5.74, 6) is -0.341. The molecule has 3 aliphatic heterocycles. The van der Waals surface area contributed by atoms with Crippen LogP contribution in [0.1, 0.15) is 39.9 Å². The Labute approximate surface area is 206 Å². The minimum Gasteiger partial charge on any atom is -0.489 e. The van der Waals surface area contributed by atoms with E-state index >= 15 is 0 Å². The van der Waals surface area contributed by atoms with Gasteiger partial charge in [-0.1, -0.05) is 30.3 Å². The quantitative estimate of drug-likeness (QED) is 0.499. The van der Waals surface area contributed by atoms with Crippen LogP contribution in [0.3, 0.4) is 0 Å². The summed E-state index contributed by atoms with van der Waals surface area (Å²) in [6.45, 7) is 2.80. The van der Waals surface area contributed by atoms with Crippen LogP contribution in [0, 0.1) is 0 Å². The Hall–Kier alpha value is -3.10. The highest BCUT2D eigenvalue weighted by atomic mass is 16.5. The zero-order valence-electron chi connectivity index (χ0n) is 19.4. The molecule has 176 valence electrons. The molecule has 0 aliphatic carbocycles. The summed E-state index contributed by atoms with van der Waals surface area (Å²) in [5.41, 5.74) is 3.35. The number of imide groups is 1. The number of morpholine rings is 1. The lowest BCUT2D eigenvalue weighted by atomic mass is 9.60. The van der Waals surface area contributed by atoms with Crippen LogP contribution >= 0.6 is 0 Å². The molecule has 2 aromatic carbocycles. The van der Waals surface area contributed by atoms with E-state index in [0.717, 1.165) is 16.7 Å². The first kappa shape index (κ1) is 23.6. The molecule has 0 spiro atoms. The average molecular weight is 469 g/mol.